The third-order valence-electron chi connectivity index (χ3n) is 5.29. The van der Waals surface area contributed by atoms with Crippen molar-refractivity contribution < 1.29 is 4.79 Å². The van der Waals surface area contributed by atoms with E-state index >= 15 is 0 Å². The molecule has 6 bridgehead atoms. The number of carbonyl (C=O) groups excluding carboxylic acids is 1. The molecule has 5 rings (SSSR count). The van der Waals surface area contributed by atoms with Gasteiger partial charge in [-0.05, 0) is 48.3 Å². The Kier molecular flexibility index (Phi) is 0.934. The Morgan fingerprint density at radius 1 is 1.08 bits per heavy atom. The SMILES string of the molecule is NNC(=O)C1CC2C3CC4C2C4C13. The zero-order valence-electron chi connectivity index (χ0n) is 7.44. The highest BCUT2D eigenvalue weighted by Crippen LogP contribution is 2.81. The lowest BCUT2D eigenvalue weighted by atomic mass is 9.88. The number of amides is 1. The van der Waals surface area contributed by atoms with Gasteiger partial charge in [0.05, 0.1) is 0 Å². The molecule has 1 amide bonds. The lowest BCUT2D eigenvalue weighted by molar-refractivity contribution is -0.126. The summed E-state index contributed by atoms with van der Waals surface area (Å²) in [4.78, 5) is 11.5. The van der Waals surface area contributed by atoms with Gasteiger partial charge in [0.25, 0.3) is 0 Å². The lowest BCUT2D eigenvalue weighted by Gasteiger charge is -2.19. The van der Waals surface area contributed by atoms with Gasteiger partial charge in [-0.2, -0.15) is 0 Å². The molecule has 0 aromatic heterocycles. The summed E-state index contributed by atoms with van der Waals surface area (Å²) in [6, 6.07) is 0. The minimum atomic E-state index is 0.100. The molecule has 7 unspecified atom stereocenters. The van der Waals surface area contributed by atoms with Crippen molar-refractivity contribution in [2.24, 2.45) is 47.3 Å². The van der Waals surface area contributed by atoms with E-state index in [0.717, 1.165) is 41.9 Å². The first kappa shape index (κ1) is 6.82. The fraction of sp³-hybridized carbons (Fsp3) is 0.900. The van der Waals surface area contributed by atoms with E-state index in [1.165, 1.54) is 6.42 Å². The summed E-state index contributed by atoms with van der Waals surface area (Å²) < 4.78 is 0. The van der Waals surface area contributed by atoms with Crippen LogP contribution in [0, 0.1) is 41.4 Å². The monoisotopic (exact) mass is 178 g/mol. The second kappa shape index (κ2) is 1.78. The summed E-state index contributed by atoms with van der Waals surface area (Å²) in [5, 5.41) is 0. The number of hydrogen-bond donors (Lipinski definition) is 2. The van der Waals surface area contributed by atoms with E-state index < -0.39 is 0 Å². The smallest absolute Gasteiger partial charge is 0.237 e. The first-order valence-electron chi connectivity index (χ1n) is 5.33. The molecule has 0 spiro atoms. The molecule has 70 valence electrons. The molecule has 5 fully saturated rings. The second-order valence-corrected chi connectivity index (χ2v) is 5.31. The van der Waals surface area contributed by atoms with E-state index in [9.17, 15) is 4.79 Å². The topological polar surface area (TPSA) is 55.1 Å². The van der Waals surface area contributed by atoms with Gasteiger partial charge in [-0.3, -0.25) is 10.2 Å². The van der Waals surface area contributed by atoms with Crippen LogP contribution in [0.15, 0.2) is 0 Å². The van der Waals surface area contributed by atoms with Crippen molar-refractivity contribution in [3.05, 3.63) is 0 Å². The van der Waals surface area contributed by atoms with Crippen molar-refractivity contribution >= 4 is 5.91 Å². The van der Waals surface area contributed by atoms with E-state index in [1.54, 1.807) is 0 Å². The lowest BCUT2D eigenvalue weighted by Crippen LogP contribution is -2.38. The summed E-state index contributed by atoms with van der Waals surface area (Å²) in [6.45, 7) is 0. The van der Waals surface area contributed by atoms with Crippen molar-refractivity contribution in [1.29, 1.82) is 0 Å². The molecule has 3 heteroatoms. The van der Waals surface area contributed by atoms with Gasteiger partial charge in [-0.15, -0.1) is 0 Å². The summed E-state index contributed by atoms with van der Waals surface area (Å²) >= 11 is 0. The molecule has 3 nitrogen and oxygen atoms in total. The summed E-state index contributed by atoms with van der Waals surface area (Å²) in [5.74, 6) is 11.1. The fourth-order valence-electron chi connectivity index (χ4n) is 5.13. The van der Waals surface area contributed by atoms with Gasteiger partial charge in [-0.25, -0.2) is 5.84 Å². The van der Waals surface area contributed by atoms with Crippen LogP contribution in [0.4, 0.5) is 0 Å². The molecule has 5 aliphatic carbocycles. The highest BCUT2D eigenvalue weighted by atomic mass is 16.2. The maximum atomic E-state index is 11.5. The van der Waals surface area contributed by atoms with Crippen LogP contribution in [0.5, 0.6) is 0 Å². The van der Waals surface area contributed by atoms with Crippen LogP contribution in [0.2, 0.25) is 0 Å². The maximum Gasteiger partial charge on any atom is 0.237 e. The normalized spacial score (nSPS) is 64.2. The minimum absolute atomic E-state index is 0.100. The molecule has 13 heavy (non-hydrogen) atoms. The van der Waals surface area contributed by atoms with Crippen LogP contribution in [-0.2, 0) is 4.79 Å². The maximum absolute atomic E-state index is 11.5. The van der Waals surface area contributed by atoms with Gasteiger partial charge in [0.1, 0.15) is 0 Å². The van der Waals surface area contributed by atoms with Crippen LogP contribution in [0.3, 0.4) is 0 Å². The molecule has 7 atom stereocenters. The Balaban J connectivity index is 1.70. The van der Waals surface area contributed by atoms with Crippen LogP contribution in [0.25, 0.3) is 0 Å². The molecule has 0 aromatic carbocycles. The molecule has 0 heterocycles. The number of nitrogens with one attached hydrogen (secondary N) is 1. The third-order valence-corrected chi connectivity index (χ3v) is 5.29. The predicted molar refractivity (Wildman–Crippen MR) is 46.0 cm³/mol. The predicted octanol–water partition coefficient (Wildman–Crippen LogP) is 0.124. The van der Waals surface area contributed by atoms with Crippen molar-refractivity contribution in [2.45, 2.75) is 12.8 Å². The molecular weight excluding hydrogens is 164 g/mol. The number of rotatable bonds is 1. The highest BCUT2D eigenvalue weighted by molar-refractivity contribution is 5.79. The Labute approximate surface area is 77.0 Å². The molecule has 3 N–H and O–H groups in total. The molecule has 5 saturated carbocycles. The Morgan fingerprint density at radius 2 is 1.85 bits per heavy atom. The Hall–Kier alpha value is -0.570. The number of hydrogen-bond acceptors (Lipinski definition) is 2. The van der Waals surface area contributed by atoms with Crippen molar-refractivity contribution in [3.63, 3.8) is 0 Å². The largest absolute Gasteiger partial charge is 0.294 e. The van der Waals surface area contributed by atoms with Crippen LogP contribution in [0.1, 0.15) is 12.8 Å². The molecule has 0 aliphatic heterocycles. The van der Waals surface area contributed by atoms with Gasteiger partial charge < -0.3 is 0 Å². The second-order valence-electron chi connectivity index (χ2n) is 5.31. The molecule has 5 aliphatic rings. The van der Waals surface area contributed by atoms with Crippen LogP contribution in [-0.4, -0.2) is 5.91 Å². The quantitative estimate of drug-likeness (QED) is 0.340. The van der Waals surface area contributed by atoms with Gasteiger partial charge in [0.15, 0.2) is 0 Å². The molecule has 0 saturated heterocycles. The summed E-state index contributed by atoms with van der Waals surface area (Å²) in [7, 11) is 0. The zero-order valence-corrected chi connectivity index (χ0v) is 7.44. The van der Waals surface area contributed by atoms with Crippen molar-refractivity contribution in [2.75, 3.05) is 0 Å². The van der Waals surface area contributed by atoms with E-state index in [4.69, 9.17) is 5.84 Å². The van der Waals surface area contributed by atoms with Crippen molar-refractivity contribution in [3.8, 4) is 0 Å². The zero-order chi connectivity index (χ0) is 8.74. The average molecular weight is 178 g/mol. The average Bonchev–Trinajstić information content (AvgIpc) is 2.59. The first-order chi connectivity index (χ1) is 6.33. The van der Waals surface area contributed by atoms with Crippen LogP contribution >= 0.6 is 0 Å². The fourth-order valence-corrected chi connectivity index (χ4v) is 5.13. The minimum Gasteiger partial charge on any atom is -0.294 e. The van der Waals surface area contributed by atoms with E-state index in [0.29, 0.717) is 0 Å². The van der Waals surface area contributed by atoms with Gasteiger partial charge >= 0.3 is 0 Å². The van der Waals surface area contributed by atoms with Gasteiger partial charge in [0, 0.05) is 5.92 Å². The van der Waals surface area contributed by atoms with Crippen molar-refractivity contribution in [1.82, 2.24) is 5.43 Å². The highest BCUT2D eigenvalue weighted by Gasteiger charge is 2.78. The van der Waals surface area contributed by atoms with Gasteiger partial charge in [0.2, 0.25) is 5.91 Å². The molecular formula is C10H14N2O. The standard InChI is InChI=1S/C10H14N2O/c11-12-10(13)6-2-4-3-1-5-7(4)9(5)8(3)6/h3-9H,1-2,11H2,(H,12,13). The Bertz CT molecular complexity index is 303. The van der Waals surface area contributed by atoms with Gasteiger partial charge in [-0.1, -0.05) is 0 Å². The first-order valence-corrected chi connectivity index (χ1v) is 5.33. The summed E-state index contributed by atoms with van der Waals surface area (Å²) in [5.41, 5.74) is 2.33. The third kappa shape index (κ3) is 0.539. The molecule has 0 aromatic rings. The van der Waals surface area contributed by atoms with E-state index in [-0.39, 0.29) is 11.8 Å². The number of nitrogens with two attached hydrogens (primary N) is 1. The molecule has 0 radical (unpaired) electrons. The summed E-state index contributed by atoms with van der Waals surface area (Å²) in [6.07, 6.45) is 2.56. The van der Waals surface area contributed by atoms with Crippen LogP contribution < -0.4 is 11.3 Å². The number of carbonyl (C=O) groups is 1. The van der Waals surface area contributed by atoms with E-state index in [2.05, 4.69) is 5.43 Å². The Morgan fingerprint density at radius 3 is 2.38 bits per heavy atom. The number of hydrazine groups is 1. The van der Waals surface area contributed by atoms with E-state index in [1.807, 2.05) is 0 Å².